The molecule has 0 saturated heterocycles. The number of rotatable bonds is 5. The SMILES string of the molecule is CCCC1CCC(C(=O)c2ccc(C3CCC3)cc2)CC1. The van der Waals surface area contributed by atoms with Crippen molar-refractivity contribution in [3.8, 4) is 0 Å². The number of Topliss-reactive ketones (excluding diaryl/α,β-unsaturated/α-hetero) is 1. The topological polar surface area (TPSA) is 17.1 Å². The van der Waals surface area contributed by atoms with E-state index in [1.165, 1.54) is 50.5 Å². The van der Waals surface area contributed by atoms with E-state index in [1.54, 1.807) is 0 Å². The highest BCUT2D eigenvalue weighted by Crippen LogP contribution is 2.37. The maximum absolute atomic E-state index is 12.6. The number of hydrogen-bond acceptors (Lipinski definition) is 1. The Morgan fingerprint density at radius 2 is 1.67 bits per heavy atom. The van der Waals surface area contributed by atoms with Crippen molar-refractivity contribution in [2.45, 2.75) is 70.6 Å². The molecule has 1 heteroatoms. The van der Waals surface area contributed by atoms with Crippen LogP contribution in [-0.4, -0.2) is 5.78 Å². The second kappa shape index (κ2) is 6.77. The highest BCUT2D eigenvalue weighted by atomic mass is 16.1. The van der Waals surface area contributed by atoms with E-state index in [0.717, 1.165) is 30.2 Å². The molecular formula is C20H28O. The molecule has 2 saturated carbocycles. The van der Waals surface area contributed by atoms with E-state index < -0.39 is 0 Å². The zero-order chi connectivity index (χ0) is 14.7. The lowest BCUT2D eigenvalue weighted by Gasteiger charge is -2.28. The maximum atomic E-state index is 12.6. The van der Waals surface area contributed by atoms with Crippen LogP contribution in [0.15, 0.2) is 24.3 Å². The largest absolute Gasteiger partial charge is 0.294 e. The zero-order valence-corrected chi connectivity index (χ0v) is 13.3. The Bertz CT molecular complexity index is 461. The summed E-state index contributed by atoms with van der Waals surface area (Å²) in [7, 11) is 0. The first-order chi connectivity index (χ1) is 10.3. The third-order valence-corrected chi connectivity index (χ3v) is 5.69. The summed E-state index contributed by atoms with van der Waals surface area (Å²) in [6.07, 6.45) is 11.4. The van der Waals surface area contributed by atoms with Gasteiger partial charge >= 0.3 is 0 Å². The molecule has 114 valence electrons. The van der Waals surface area contributed by atoms with Gasteiger partial charge in [0.15, 0.2) is 5.78 Å². The molecule has 1 nitrogen and oxygen atoms in total. The monoisotopic (exact) mass is 284 g/mol. The number of carbonyl (C=O) groups excluding carboxylic acids is 1. The molecule has 2 aliphatic carbocycles. The summed E-state index contributed by atoms with van der Waals surface area (Å²) in [6, 6.07) is 8.54. The number of carbonyl (C=O) groups is 1. The average Bonchev–Trinajstić information content (AvgIpc) is 2.47. The Kier molecular flexibility index (Phi) is 4.77. The summed E-state index contributed by atoms with van der Waals surface area (Å²) in [5.41, 5.74) is 2.38. The molecule has 1 aromatic rings. The van der Waals surface area contributed by atoms with Gasteiger partial charge in [0, 0.05) is 11.5 Å². The van der Waals surface area contributed by atoms with Gasteiger partial charge in [0.25, 0.3) is 0 Å². The minimum Gasteiger partial charge on any atom is -0.294 e. The minimum absolute atomic E-state index is 0.285. The van der Waals surface area contributed by atoms with E-state index in [9.17, 15) is 4.79 Å². The van der Waals surface area contributed by atoms with Crippen molar-refractivity contribution in [3.05, 3.63) is 35.4 Å². The molecule has 0 spiro atoms. The van der Waals surface area contributed by atoms with Gasteiger partial charge in [-0.3, -0.25) is 4.79 Å². The van der Waals surface area contributed by atoms with Crippen molar-refractivity contribution in [2.24, 2.45) is 11.8 Å². The third-order valence-electron chi connectivity index (χ3n) is 5.69. The van der Waals surface area contributed by atoms with Gasteiger partial charge in [0.1, 0.15) is 0 Å². The first-order valence-electron chi connectivity index (χ1n) is 8.92. The van der Waals surface area contributed by atoms with Gasteiger partial charge < -0.3 is 0 Å². The standard InChI is InChI=1S/C20H28O/c1-2-4-15-7-9-18(10-8-15)20(21)19-13-11-17(12-14-19)16-5-3-6-16/h11-16,18H,2-10H2,1H3. The summed E-state index contributed by atoms with van der Waals surface area (Å²) in [5.74, 6) is 2.32. The number of ketones is 1. The van der Waals surface area contributed by atoms with Crippen molar-refractivity contribution in [1.82, 2.24) is 0 Å². The molecule has 0 atom stereocenters. The molecule has 0 amide bonds. The van der Waals surface area contributed by atoms with Gasteiger partial charge in [-0.15, -0.1) is 0 Å². The normalized spacial score (nSPS) is 26.3. The summed E-state index contributed by atoms with van der Waals surface area (Å²) in [4.78, 5) is 12.6. The molecule has 0 N–H and O–H groups in total. The van der Waals surface area contributed by atoms with Gasteiger partial charge in [0.2, 0.25) is 0 Å². The summed E-state index contributed by atoms with van der Waals surface area (Å²) in [6.45, 7) is 2.26. The van der Waals surface area contributed by atoms with E-state index in [0.29, 0.717) is 5.78 Å². The fraction of sp³-hybridized carbons (Fsp3) is 0.650. The molecule has 0 bridgehead atoms. The Morgan fingerprint density at radius 3 is 2.19 bits per heavy atom. The second-order valence-electron chi connectivity index (χ2n) is 7.12. The van der Waals surface area contributed by atoms with E-state index in [1.807, 2.05) is 0 Å². The van der Waals surface area contributed by atoms with Crippen LogP contribution in [0.2, 0.25) is 0 Å². The van der Waals surface area contributed by atoms with Crippen LogP contribution in [0.5, 0.6) is 0 Å². The molecule has 2 aliphatic rings. The summed E-state index contributed by atoms with van der Waals surface area (Å²) >= 11 is 0. The Labute approximate surface area is 129 Å². The van der Waals surface area contributed by atoms with Crippen LogP contribution in [0.4, 0.5) is 0 Å². The lowest BCUT2D eigenvalue weighted by atomic mass is 9.76. The van der Waals surface area contributed by atoms with Crippen LogP contribution in [0.1, 0.15) is 86.6 Å². The van der Waals surface area contributed by atoms with Crippen molar-refractivity contribution < 1.29 is 4.79 Å². The molecule has 3 rings (SSSR count). The molecule has 0 radical (unpaired) electrons. The number of benzene rings is 1. The lowest BCUT2D eigenvalue weighted by molar-refractivity contribution is 0.0870. The highest BCUT2D eigenvalue weighted by molar-refractivity contribution is 5.97. The summed E-state index contributed by atoms with van der Waals surface area (Å²) < 4.78 is 0. The van der Waals surface area contributed by atoms with Gasteiger partial charge in [-0.1, -0.05) is 50.5 Å². The Hall–Kier alpha value is -1.11. The molecule has 0 aliphatic heterocycles. The van der Waals surface area contributed by atoms with Crippen molar-refractivity contribution in [3.63, 3.8) is 0 Å². The van der Waals surface area contributed by atoms with E-state index in [4.69, 9.17) is 0 Å². The van der Waals surface area contributed by atoms with E-state index >= 15 is 0 Å². The zero-order valence-electron chi connectivity index (χ0n) is 13.3. The van der Waals surface area contributed by atoms with Gasteiger partial charge in [0.05, 0.1) is 0 Å². The predicted octanol–water partition coefficient (Wildman–Crippen LogP) is 5.74. The first kappa shape index (κ1) is 14.8. The first-order valence-corrected chi connectivity index (χ1v) is 8.92. The predicted molar refractivity (Wildman–Crippen MR) is 87.7 cm³/mol. The molecule has 0 aromatic heterocycles. The molecule has 0 heterocycles. The minimum atomic E-state index is 0.285. The van der Waals surface area contributed by atoms with E-state index in [2.05, 4.69) is 31.2 Å². The molecular weight excluding hydrogens is 256 g/mol. The van der Waals surface area contributed by atoms with Crippen LogP contribution in [-0.2, 0) is 0 Å². The van der Waals surface area contributed by atoms with Crippen LogP contribution >= 0.6 is 0 Å². The van der Waals surface area contributed by atoms with Crippen molar-refractivity contribution >= 4 is 5.78 Å². The molecule has 2 fully saturated rings. The van der Waals surface area contributed by atoms with Crippen LogP contribution in [0.3, 0.4) is 0 Å². The molecule has 21 heavy (non-hydrogen) atoms. The van der Waals surface area contributed by atoms with Gasteiger partial charge in [-0.2, -0.15) is 0 Å². The fourth-order valence-corrected chi connectivity index (χ4v) is 4.02. The smallest absolute Gasteiger partial charge is 0.165 e. The molecule has 0 unspecified atom stereocenters. The van der Waals surface area contributed by atoms with Gasteiger partial charge in [-0.25, -0.2) is 0 Å². The third kappa shape index (κ3) is 3.39. The quantitative estimate of drug-likeness (QED) is 0.630. The van der Waals surface area contributed by atoms with Crippen LogP contribution in [0, 0.1) is 11.8 Å². The maximum Gasteiger partial charge on any atom is 0.165 e. The number of hydrogen-bond donors (Lipinski definition) is 0. The van der Waals surface area contributed by atoms with Crippen molar-refractivity contribution in [1.29, 1.82) is 0 Å². The Balaban J connectivity index is 1.57. The van der Waals surface area contributed by atoms with Crippen LogP contribution in [0.25, 0.3) is 0 Å². The van der Waals surface area contributed by atoms with Gasteiger partial charge in [-0.05, 0) is 55.9 Å². The Morgan fingerprint density at radius 1 is 1.00 bits per heavy atom. The fourth-order valence-electron chi connectivity index (χ4n) is 4.02. The van der Waals surface area contributed by atoms with E-state index in [-0.39, 0.29) is 5.92 Å². The second-order valence-corrected chi connectivity index (χ2v) is 7.12. The highest BCUT2D eigenvalue weighted by Gasteiger charge is 2.27. The average molecular weight is 284 g/mol. The molecule has 1 aromatic carbocycles. The van der Waals surface area contributed by atoms with Crippen LogP contribution < -0.4 is 0 Å². The lowest BCUT2D eigenvalue weighted by Crippen LogP contribution is -2.22. The van der Waals surface area contributed by atoms with Crippen molar-refractivity contribution in [2.75, 3.05) is 0 Å². The summed E-state index contributed by atoms with van der Waals surface area (Å²) in [5, 5.41) is 0.